The number of pyridine rings is 1. The average Bonchev–Trinajstić information content (AvgIpc) is 3.15. The van der Waals surface area contributed by atoms with E-state index in [4.69, 9.17) is 0 Å². The van der Waals surface area contributed by atoms with Gasteiger partial charge in [-0.2, -0.15) is 0 Å². The Morgan fingerprint density at radius 1 is 1.38 bits per heavy atom. The minimum Gasteiger partial charge on any atom is -0.390 e. The van der Waals surface area contributed by atoms with Crippen molar-refractivity contribution in [3.63, 3.8) is 0 Å². The zero-order valence-corrected chi connectivity index (χ0v) is 15.5. The molecular weight excluding hydrogens is 332 g/mol. The highest BCUT2D eigenvalue weighted by molar-refractivity contribution is 5.77. The monoisotopic (exact) mass is 358 g/mol. The van der Waals surface area contributed by atoms with Crippen molar-refractivity contribution in [1.82, 2.24) is 30.2 Å². The fourth-order valence-electron chi connectivity index (χ4n) is 3.41. The first kappa shape index (κ1) is 18.5. The minimum absolute atomic E-state index is 0.000948. The Morgan fingerprint density at radius 3 is 2.85 bits per heavy atom. The highest BCUT2D eigenvalue weighted by atomic mass is 16.3. The van der Waals surface area contributed by atoms with Crippen molar-refractivity contribution in [3.05, 3.63) is 42.0 Å². The maximum absolute atomic E-state index is 12.3. The van der Waals surface area contributed by atoms with E-state index in [0.717, 1.165) is 24.2 Å². The van der Waals surface area contributed by atoms with E-state index >= 15 is 0 Å². The number of rotatable bonds is 6. The molecule has 2 aromatic heterocycles. The van der Waals surface area contributed by atoms with E-state index in [1.807, 2.05) is 25.5 Å². The molecule has 1 amide bonds. The van der Waals surface area contributed by atoms with Crippen molar-refractivity contribution in [3.8, 4) is 0 Å². The number of amides is 1. The second kappa shape index (κ2) is 7.51. The third kappa shape index (κ3) is 4.86. The molecule has 3 heterocycles. The molecule has 2 aromatic rings. The number of carbonyl (C=O) groups excluding carboxylic acids is 1. The van der Waals surface area contributed by atoms with Crippen LogP contribution >= 0.6 is 0 Å². The molecule has 1 aliphatic rings. The number of hydrogen-bond donors (Lipinski definition) is 2. The van der Waals surface area contributed by atoms with Gasteiger partial charge in [0.2, 0.25) is 5.91 Å². The van der Waals surface area contributed by atoms with Gasteiger partial charge >= 0.3 is 0 Å². The van der Waals surface area contributed by atoms with E-state index in [-0.39, 0.29) is 24.4 Å². The van der Waals surface area contributed by atoms with Crippen LogP contribution in [0.3, 0.4) is 0 Å². The normalized spacial score (nSPS) is 21.1. The summed E-state index contributed by atoms with van der Waals surface area (Å²) in [5, 5.41) is 20.9. The molecule has 1 aliphatic heterocycles. The van der Waals surface area contributed by atoms with Gasteiger partial charge in [0.25, 0.3) is 0 Å². The molecular formula is C18H26N6O2. The molecule has 0 spiro atoms. The van der Waals surface area contributed by atoms with Crippen molar-refractivity contribution in [2.24, 2.45) is 0 Å². The summed E-state index contributed by atoms with van der Waals surface area (Å²) in [5.74, 6) is -0.160. The molecule has 2 N–H and O–H groups in total. The summed E-state index contributed by atoms with van der Waals surface area (Å²) in [5.41, 5.74) is 1.24. The van der Waals surface area contributed by atoms with Gasteiger partial charge in [-0.3, -0.25) is 14.7 Å². The molecule has 0 radical (unpaired) electrons. The third-order valence-electron chi connectivity index (χ3n) is 4.42. The first-order chi connectivity index (χ1) is 12.3. The second-order valence-corrected chi connectivity index (χ2v) is 7.68. The second-order valence-electron chi connectivity index (χ2n) is 7.68. The number of aromatic nitrogens is 4. The molecule has 8 nitrogen and oxygen atoms in total. The van der Waals surface area contributed by atoms with Crippen LogP contribution in [0.25, 0.3) is 0 Å². The van der Waals surface area contributed by atoms with Crippen LogP contribution in [0.1, 0.15) is 37.4 Å². The van der Waals surface area contributed by atoms with Crippen molar-refractivity contribution in [1.29, 1.82) is 0 Å². The Kier molecular flexibility index (Phi) is 5.33. The molecule has 2 atom stereocenters. The fourth-order valence-corrected chi connectivity index (χ4v) is 3.41. The molecule has 26 heavy (non-hydrogen) atoms. The lowest BCUT2D eigenvalue weighted by molar-refractivity contribution is -0.125. The number of likely N-dealkylation sites (tertiary alicyclic amines) is 1. The van der Waals surface area contributed by atoms with Crippen molar-refractivity contribution >= 4 is 5.91 Å². The smallest absolute Gasteiger partial charge is 0.223 e. The van der Waals surface area contributed by atoms with E-state index in [0.29, 0.717) is 6.54 Å². The molecule has 0 unspecified atom stereocenters. The Bertz CT molecular complexity index is 740. The molecule has 0 aromatic carbocycles. The quantitative estimate of drug-likeness (QED) is 0.788. The topological polar surface area (TPSA) is 96.2 Å². The van der Waals surface area contributed by atoms with Crippen LogP contribution in [0.5, 0.6) is 0 Å². The molecule has 1 fully saturated rings. The Morgan fingerprint density at radius 2 is 2.19 bits per heavy atom. The molecule has 0 saturated carbocycles. The number of aliphatic hydroxyl groups is 1. The average molecular weight is 358 g/mol. The zero-order valence-electron chi connectivity index (χ0n) is 15.5. The SMILES string of the molecule is Cc1cncc(CN2C[C@@H](NC(=O)CC(C)(C)O)[C@@H](n3ccnn3)C2)c1. The number of carbonyl (C=O) groups is 1. The van der Waals surface area contributed by atoms with Gasteiger partial charge in [0, 0.05) is 38.2 Å². The van der Waals surface area contributed by atoms with Crippen LogP contribution in [0.2, 0.25) is 0 Å². The predicted molar refractivity (Wildman–Crippen MR) is 96.2 cm³/mol. The maximum atomic E-state index is 12.3. The highest BCUT2D eigenvalue weighted by Crippen LogP contribution is 2.23. The van der Waals surface area contributed by atoms with Gasteiger partial charge in [0.1, 0.15) is 0 Å². The number of nitrogens with one attached hydrogen (secondary N) is 1. The van der Waals surface area contributed by atoms with Crippen LogP contribution in [0.4, 0.5) is 0 Å². The minimum atomic E-state index is -1.03. The van der Waals surface area contributed by atoms with Gasteiger partial charge in [0.05, 0.1) is 30.3 Å². The Labute approximate surface area is 153 Å². The summed E-state index contributed by atoms with van der Waals surface area (Å²) in [4.78, 5) is 18.8. The summed E-state index contributed by atoms with van der Waals surface area (Å²) in [6.45, 7) is 7.51. The third-order valence-corrected chi connectivity index (χ3v) is 4.42. The standard InChI is InChI=1S/C18H26N6O2/c1-13-6-14(9-19-8-13)10-23-11-15(21-17(25)7-18(2,3)26)16(12-23)24-5-4-20-22-24/h4-6,8-9,15-16,26H,7,10-12H2,1-3H3,(H,21,25)/t15-,16+/m1/s1. The van der Waals surface area contributed by atoms with Crippen LogP contribution in [-0.4, -0.2) is 60.6 Å². The lowest BCUT2D eigenvalue weighted by Gasteiger charge is -2.22. The van der Waals surface area contributed by atoms with Gasteiger partial charge in [-0.05, 0) is 31.9 Å². The molecule has 3 rings (SSSR count). The lowest BCUT2D eigenvalue weighted by atomic mass is 10.0. The predicted octanol–water partition coefficient (Wildman–Crippen LogP) is 0.684. The van der Waals surface area contributed by atoms with Gasteiger partial charge in [0.15, 0.2) is 0 Å². The van der Waals surface area contributed by atoms with E-state index in [1.54, 1.807) is 24.7 Å². The van der Waals surface area contributed by atoms with Crippen LogP contribution < -0.4 is 5.32 Å². The first-order valence-electron chi connectivity index (χ1n) is 8.80. The van der Waals surface area contributed by atoms with E-state index < -0.39 is 5.60 Å². The largest absolute Gasteiger partial charge is 0.390 e. The van der Waals surface area contributed by atoms with Gasteiger partial charge in [-0.25, -0.2) is 4.68 Å². The molecule has 0 bridgehead atoms. The van der Waals surface area contributed by atoms with E-state index in [2.05, 4.69) is 31.6 Å². The van der Waals surface area contributed by atoms with Gasteiger partial charge in [-0.15, -0.1) is 5.10 Å². The van der Waals surface area contributed by atoms with Crippen LogP contribution in [0.15, 0.2) is 30.9 Å². The fraction of sp³-hybridized carbons (Fsp3) is 0.556. The zero-order chi connectivity index (χ0) is 18.7. The molecule has 140 valence electrons. The molecule has 8 heteroatoms. The number of hydrogen-bond acceptors (Lipinski definition) is 6. The van der Waals surface area contributed by atoms with Crippen LogP contribution in [0, 0.1) is 6.92 Å². The van der Waals surface area contributed by atoms with E-state index in [1.165, 1.54) is 0 Å². The molecule has 0 aliphatic carbocycles. The highest BCUT2D eigenvalue weighted by Gasteiger charge is 2.36. The van der Waals surface area contributed by atoms with Crippen molar-refractivity contribution in [2.75, 3.05) is 13.1 Å². The summed E-state index contributed by atoms with van der Waals surface area (Å²) in [6, 6.07) is 2.03. The van der Waals surface area contributed by atoms with Gasteiger partial charge in [-0.1, -0.05) is 11.3 Å². The number of nitrogens with zero attached hydrogens (tertiary/aromatic N) is 5. The summed E-state index contributed by atoms with van der Waals surface area (Å²) in [6.07, 6.45) is 7.23. The Balaban J connectivity index is 1.70. The lowest BCUT2D eigenvalue weighted by Crippen LogP contribution is -2.43. The van der Waals surface area contributed by atoms with Gasteiger partial charge < -0.3 is 10.4 Å². The summed E-state index contributed by atoms with van der Waals surface area (Å²) in [7, 11) is 0. The Hall–Kier alpha value is -2.32. The number of aryl methyl sites for hydroxylation is 1. The van der Waals surface area contributed by atoms with Crippen LogP contribution in [-0.2, 0) is 11.3 Å². The maximum Gasteiger partial charge on any atom is 0.223 e. The van der Waals surface area contributed by atoms with E-state index in [9.17, 15) is 9.90 Å². The molecule has 1 saturated heterocycles. The summed E-state index contributed by atoms with van der Waals surface area (Å²) >= 11 is 0. The van der Waals surface area contributed by atoms with Crippen molar-refractivity contribution in [2.45, 2.75) is 51.4 Å². The summed E-state index contributed by atoms with van der Waals surface area (Å²) < 4.78 is 1.80. The first-order valence-corrected chi connectivity index (χ1v) is 8.80. The van der Waals surface area contributed by atoms with Crippen molar-refractivity contribution < 1.29 is 9.90 Å².